The van der Waals surface area contributed by atoms with Crippen molar-refractivity contribution in [3.05, 3.63) is 11.6 Å². The third kappa shape index (κ3) is 3.46. The molecule has 3 heterocycles. The van der Waals surface area contributed by atoms with Crippen molar-refractivity contribution in [2.45, 2.75) is 65.1 Å². The van der Waals surface area contributed by atoms with Gasteiger partial charge in [0, 0.05) is 25.6 Å². The Labute approximate surface area is 128 Å². The number of piperidine rings is 1. The van der Waals surface area contributed by atoms with Crippen molar-refractivity contribution < 1.29 is 0 Å². The zero-order valence-electron chi connectivity index (χ0n) is 13.5. The SMILES string of the molecule is CCNC(C)C1CCCN(Cc2nnc3n2CCCC3)C1. The topological polar surface area (TPSA) is 46.0 Å². The molecule has 2 aliphatic heterocycles. The predicted molar refractivity (Wildman–Crippen MR) is 84.1 cm³/mol. The van der Waals surface area contributed by atoms with Crippen LogP contribution < -0.4 is 5.32 Å². The minimum Gasteiger partial charge on any atom is -0.314 e. The molecule has 5 nitrogen and oxygen atoms in total. The molecule has 1 fully saturated rings. The Morgan fingerprint density at radius 1 is 1.24 bits per heavy atom. The Hall–Kier alpha value is -0.940. The highest BCUT2D eigenvalue weighted by Gasteiger charge is 2.26. The molecule has 0 amide bonds. The van der Waals surface area contributed by atoms with Crippen LogP contribution in [0.5, 0.6) is 0 Å². The lowest BCUT2D eigenvalue weighted by atomic mass is 9.91. The van der Waals surface area contributed by atoms with E-state index in [2.05, 4.69) is 38.8 Å². The molecule has 2 atom stereocenters. The van der Waals surface area contributed by atoms with Gasteiger partial charge in [-0.25, -0.2) is 0 Å². The van der Waals surface area contributed by atoms with Crippen LogP contribution in [0, 0.1) is 5.92 Å². The van der Waals surface area contributed by atoms with Gasteiger partial charge in [0.05, 0.1) is 6.54 Å². The largest absolute Gasteiger partial charge is 0.314 e. The summed E-state index contributed by atoms with van der Waals surface area (Å²) in [4.78, 5) is 2.58. The van der Waals surface area contributed by atoms with Crippen LogP contribution >= 0.6 is 0 Å². The molecule has 2 unspecified atom stereocenters. The van der Waals surface area contributed by atoms with Gasteiger partial charge in [0.2, 0.25) is 0 Å². The molecule has 21 heavy (non-hydrogen) atoms. The summed E-state index contributed by atoms with van der Waals surface area (Å²) in [6, 6.07) is 0.616. The second kappa shape index (κ2) is 6.88. The maximum absolute atomic E-state index is 4.45. The summed E-state index contributed by atoms with van der Waals surface area (Å²) in [5, 5.41) is 12.4. The van der Waals surface area contributed by atoms with E-state index in [0.29, 0.717) is 6.04 Å². The lowest BCUT2D eigenvalue weighted by Gasteiger charge is -2.35. The maximum Gasteiger partial charge on any atom is 0.147 e. The number of aryl methyl sites for hydroxylation is 1. The lowest BCUT2D eigenvalue weighted by Crippen LogP contribution is -2.44. The number of hydrogen-bond acceptors (Lipinski definition) is 4. The lowest BCUT2D eigenvalue weighted by molar-refractivity contribution is 0.140. The average molecular weight is 291 g/mol. The van der Waals surface area contributed by atoms with Gasteiger partial charge in [0.15, 0.2) is 0 Å². The van der Waals surface area contributed by atoms with E-state index in [1.54, 1.807) is 0 Å². The van der Waals surface area contributed by atoms with E-state index < -0.39 is 0 Å². The first kappa shape index (κ1) is 15.0. The third-order valence-electron chi connectivity index (χ3n) is 5.08. The van der Waals surface area contributed by atoms with Crippen LogP contribution in [0.4, 0.5) is 0 Å². The molecule has 1 saturated heterocycles. The number of fused-ring (bicyclic) bond motifs is 1. The van der Waals surface area contributed by atoms with Crippen LogP contribution in [-0.2, 0) is 19.5 Å². The van der Waals surface area contributed by atoms with Gasteiger partial charge < -0.3 is 9.88 Å². The fourth-order valence-electron chi connectivity index (χ4n) is 3.82. The van der Waals surface area contributed by atoms with Gasteiger partial charge >= 0.3 is 0 Å². The van der Waals surface area contributed by atoms with Gasteiger partial charge in [-0.2, -0.15) is 0 Å². The molecule has 0 spiro atoms. The van der Waals surface area contributed by atoms with Crippen LogP contribution in [-0.4, -0.2) is 45.3 Å². The van der Waals surface area contributed by atoms with Crippen LogP contribution in [0.15, 0.2) is 0 Å². The summed E-state index contributed by atoms with van der Waals surface area (Å²) in [7, 11) is 0. The molecular weight excluding hydrogens is 262 g/mol. The monoisotopic (exact) mass is 291 g/mol. The van der Waals surface area contributed by atoms with E-state index in [9.17, 15) is 0 Å². The number of aromatic nitrogens is 3. The minimum atomic E-state index is 0.616. The highest BCUT2D eigenvalue weighted by Crippen LogP contribution is 2.22. The zero-order valence-corrected chi connectivity index (χ0v) is 13.5. The normalized spacial score (nSPS) is 24.8. The second-order valence-electron chi connectivity index (χ2n) is 6.62. The second-order valence-corrected chi connectivity index (χ2v) is 6.62. The Morgan fingerprint density at radius 3 is 3.00 bits per heavy atom. The van der Waals surface area contributed by atoms with E-state index in [0.717, 1.165) is 32.0 Å². The van der Waals surface area contributed by atoms with Gasteiger partial charge in [-0.05, 0) is 51.6 Å². The van der Waals surface area contributed by atoms with Gasteiger partial charge in [0.25, 0.3) is 0 Å². The first-order chi connectivity index (χ1) is 10.3. The number of rotatable bonds is 5. The fraction of sp³-hybridized carbons (Fsp3) is 0.875. The van der Waals surface area contributed by atoms with Crippen LogP contribution in [0.1, 0.15) is 51.2 Å². The molecule has 0 bridgehead atoms. The van der Waals surface area contributed by atoms with E-state index in [4.69, 9.17) is 0 Å². The standard InChI is InChI=1S/C16H29N5/c1-3-17-13(2)14-7-6-9-20(11-14)12-16-19-18-15-8-4-5-10-21(15)16/h13-14,17H,3-12H2,1-2H3. The van der Waals surface area contributed by atoms with Crippen molar-refractivity contribution in [3.63, 3.8) is 0 Å². The Kier molecular flexibility index (Phi) is 4.91. The number of likely N-dealkylation sites (tertiary alicyclic amines) is 1. The summed E-state index contributed by atoms with van der Waals surface area (Å²) in [6.07, 6.45) is 6.30. The summed E-state index contributed by atoms with van der Waals surface area (Å²) < 4.78 is 2.36. The summed E-state index contributed by atoms with van der Waals surface area (Å²) in [5.74, 6) is 3.15. The molecule has 1 aromatic heterocycles. The molecule has 3 rings (SSSR count). The van der Waals surface area contributed by atoms with Crippen LogP contribution in [0.2, 0.25) is 0 Å². The smallest absolute Gasteiger partial charge is 0.147 e. The van der Waals surface area contributed by atoms with E-state index in [-0.39, 0.29) is 0 Å². The van der Waals surface area contributed by atoms with E-state index in [1.807, 2.05) is 0 Å². The molecule has 1 aromatic rings. The molecule has 1 N–H and O–H groups in total. The fourth-order valence-corrected chi connectivity index (χ4v) is 3.82. The van der Waals surface area contributed by atoms with Crippen LogP contribution in [0.3, 0.4) is 0 Å². The van der Waals surface area contributed by atoms with Gasteiger partial charge in [-0.3, -0.25) is 4.90 Å². The molecule has 0 saturated carbocycles. The van der Waals surface area contributed by atoms with Gasteiger partial charge in [-0.1, -0.05) is 6.92 Å². The van der Waals surface area contributed by atoms with Crippen molar-refractivity contribution in [3.8, 4) is 0 Å². The van der Waals surface area contributed by atoms with E-state index in [1.165, 1.54) is 50.4 Å². The number of hydrogen-bond donors (Lipinski definition) is 1. The molecule has 0 aromatic carbocycles. The molecule has 0 aliphatic carbocycles. The Bertz CT molecular complexity index is 456. The minimum absolute atomic E-state index is 0.616. The Balaban J connectivity index is 1.61. The Morgan fingerprint density at radius 2 is 2.14 bits per heavy atom. The number of nitrogens with zero attached hydrogens (tertiary/aromatic N) is 4. The molecular formula is C16H29N5. The first-order valence-electron chi connectivity index (χ1n) is 8.64. The highest BCUT2D eigenvalue weighted by molar-refractivity contribution is 4.99. The third-order valence-corrected chi connectivity index (χ3v) is 5.08. The van der Waals surface area contributed by atoms with Crippen molar-refractivity contribution in [1.82, 2.24) is 25.0 Å². The number of nitrogens with one attached hydrogen (secondary N) is 1. The van der Waals surface area contributed by atoms with Crippen LogP contribution in [0.25, 0.3) is 0 Å². The molecule has 2 aliphatic rings. The quantitative estimate of drug-likeness (QED) is 0.899. The predicted octanol–water partition coefficient (Wildman–Crippen LogP) is 1.82. The van der Waals surface area contributed by atoms with Crippen molar-refractivity contribution in [2.24, 2.45) is 5.92 Å². The highest BCUT2D eigenvalue weighted by atomic mass is 15.3. The summed E-state index contributed by atoms with van der Waals surface area (Å²) in [5.41, 5.74) is 0. The molecule has 118 valence electrons. The average Bonchev–Trinajstić information content (AvgIpc) is 2.91. The van der Waals surface area contributed by atoms with Crippen molar-refractivity contribution in [1.29, 1.82) is 0 Å². The van der Waals surface area contributed by atoms with E-state index >= 15 is 0 Å². The molecule has 5 heteroatoms. The summed E-state index contributed by atoms with van der Waals surface area (Å²) >= 11 is 0. The maximum atomic E-state index is 4.45. The van der Waals surface area contributed by atoms with Gasteiger partial charge in [0.1, 0.15) is 11.6 Å². The first-order valence-corrected chi connectivity index (χ1v) is 8.64. The van der Waals surface area contributed by atoms with Crippen molar-refractivity contribution >= 4 is 0 Å². The molecule has 0 radical (unpaired) electrons. The van der Waals surface area contributed by atoms with Crippen molar-refractivity contribution in [2.75, 3.05) is 19.6 Å². The summed E-state index contributed by atoms with van der Waals surface area (Å²) in [6.45, 7) is 10.1. The zero-order chi connectivity index (χ0) is 14.7. The van der Waals surface area contributed by atoms with Gasteiger partial charge in [-0.15, -0.1) is 10.2 Å².